The molecule has 0 amide bonds. The van der Waals surface area contributed by atoms with Crippen molar-refractivity contribution in [2.75, 3.05) is 12.3 Å². The second-order valence-corrected chi connectivity index (χ2v) is 11.8. The van der Waals surface area contributed by atoms with Crippen LogP contribution in [0.25, 0.3) is 0 Å². The van der Waals surface area contributed by atoms with Crippen molar-refractivity contribution >= 4 is 42.1 Å². The minimum atomic E-state index is -4.25. The molecule has 1 aromatic heterocycles. The Morgan fingerprint density at radius 2 is 2.00 bits per heavy atom. The van der Waals surface area contributed by atoms with Gasteiger partial charge in [-0.1, -0.05) is 18.2 Å². The van der Waals surface area contributed by atoms with Crippen molar-refractivity contribution in [2.45, 2.75) is 63.9 Å². The van der Waals surface area contributed by atoms with E-state index in [2.05, 4.69) is 10.1 Å². The Balaban J connectivity index is 1.81. The number of nitrogens with two attached hydrogens (primary N) is 1. The van der Waals surface area contributed by atoms with Gasteiger partial charge in [-0.3, -0.25) is 13.9 Å². The monoisotopic (exact) mass is 652 g/mol. The molecule has 0 saturated carbocycles. The molecule has 0 bridgehead atoms. The third kappa shape index (κ3) is 7.07. The molecule has 13 nitrogen and oxygen atoms in total. The van der Waals surface area contributed by atoms with Gasteiger partial charge >= 0.3 is 19.4 Å². The van der Waals surface area contributed by atoms with Gasteiger partial charge in [-0.15, -0.1) is 0 Å². The van der Waals surface area contributed by atoms with Crippen molar-refractivity contribution < 1.29 is 38.1 Å². The maximum atomic E-state index is 13.7. The molecular formula is C22H30IN4O9P. The summed E-state index contributed by atoms with van der Waals surface area (Å²) in [5.74, 6) is -0.481. The summed E-state index contributed by atoms with van der Waals surface area (Å²) in [6.07, 6.45) is -3.22. The van der Waals surface area contributed by atoms with E-state index in [1.165, 1.54) is 20.0 Å². The number of ether oxygens (including phenoxy) is 2. The van der Waals surface area contributed by atoms with Crippen molar-refractivity contribution in [3.05, 3.63) is 50.6 Å². The van der Waals surface area contributed by atoms with Crippen LogP contribution < -0.4 is 21.0 Å². The molecule has 37 heavy (non-hydrogen) atoms. The Kier molecular flexibility index (Phi) is 9.37. The number of aromatic nitrogens is 2. The fourth-order valence-corrected chi connectivity index (χ4v) is 5.43. The lowest BCUT2D eigenvalue weighted by atomic mass is 9.96. The number of anilines is 1. The zero-order valence-corrected chi connectivity index (χ0v) is 23.7. The highest BCUT2D eigenvalue weighted by Crippen LogP contribution is 2.47. The fourth-order valence-electron chi connectivity index (χ4n) is 3.51. The lowest BCUT2D eigenvalue weighted by Gasteiger charge is -2.27. The molecular weight excluding hydrogens is 622 g/mol. The zero-order chi connectivity index (χ0) is 27.5. The molecule has 0 aliphatic carbocycles. The average molecular weight is 652 g/mol. The van der Waals surface area contributed by atoms with Gasteiger partial charge in [-0.05, 0) is 62.4 Å². The number of carbonyl (C=O) groups is 1. The van der Waals surface area contributed by atoms with E-state index in [9.17, 15) is 24.4 Å². The molecule has 15 heteroatoms. The van der Waals surface area contributed by atoms with Crippen molar-refractivity contribution in [1.82, 2.24) is 14.6 Å². The van der Waals surface area contributed by atoms with Gasteiger partial charge < -0.3 is 29.9 Å². The number of hydrogen-bond acceptors (Lipinski definition) is 11. The van der Waals surface area contributed by atoms with E-state index >= 15 is 0 Å². The first-order valence-corrected chi connectivity index (χ1v) is 13.9. The van der Waals surface area contributed by atoms with Crippen LogP contribution in [-0.2, 0) is 23.4 Å². The van der Waals surface area contributed by atoms with E-state index in [4.69, 9.17) is 24.3 Å². The Hall–Kier alpha value is -2.07. The summed E-state index contributed by atoms with van der Waals surface area (Å²) in [5.41, 5.74) is 2.92. The average Bonchev–Trinajstić information content (AvgIpc) is 3.03. The number of nitrogens with one attached hydrogen (secondary N) is 1. The SMILES string of the molecule is CC(C)OC(=O)[C@@H](C)N[P@](=O)(OC[C@H]1OC(n2cc(I)c(N)nc2=O)[C@](C)(O)[C@@H]1O)Oc1ccccc1. The van der Waals surface area contributed by atoms with Crippen LogP contribution in [0.1, 0.15) is 33.9 Å². The maximum Gasteiger partial charge on any atom is 0.459 e. The van der Waals surface area contributed by atoms with Crippen LogP contribution in [0.4, 0.5) is 5.82 Å². The Bertz CT molecular complexity index is 1210. The number of benzene rings is 1. The molecule has 1 fully saturated rings. The highest BCUT2D eigenvalue weighted by molar-refractivity contribution is 14.1. The van der Waals surface area contributed by atoms with Gasteiger partial charge in [0.25, 0.3) is 0 Å². The quantitative estimate of drug-likeness (QED) is 0.165. The number of rotatable bonds is 10. The summed E-state index contributed by atoms with van der Waals surface area (Å²) in [6, 6.07) is 7.04. The Morgan fingerprint density at radius 1 is 1.35 bits per heavy atom. The molecule has 1 aromatic carbocycles. The summed E-state index contributed by atoms with van der Waals surface area (Å²) >= 11 is 1.87. The second kappa shape index (κ2) is 11.8. The normalized spacial score (nSPS) is 26.0. The lowest BCUT2D eigenvalue weighted by Crippen LogP contribution is -2.46. The standard InChI is InChI=1S/C22H30IN4O9P/c1-12(2)34-19(29)13(3)26-37(32,36-14-8-6-5-7-9-14)33-11-16-17(28)22(4,31)20(35-16)27-10-15(23)18(24)25-21(27)30/h5-10,12-13,16-17,20,28,31H,11H2,1-4H3,(H,26,32)(H2,24,25,30)/t13-,16-,17-,20?,22-,37+/m1/s1. The number of aliphatic hydroxyl groups excluding tert-OH is 1. The van der Waals surface area contributed by atoms with Crippen molar-refractivity contribution in [3.8, 4) is 5.75 Å². The number of nitrogens with zero attached hydrogens (tertiary/aromatic N) is 2. The smallest absolute Gasteiger partial charge is 0.459 e. The molecule has 0 radical (unpaired) electrons. The molecule has 1 aliphatic heterocycles. The van der Waals surface area contributed by atoms with E-state index < -0.39 is 62.2 Å². The van der Waals surface area contributed by atoms with Crippen LogP contribution in [0, 0.1) is 3.57 Å². The van der Waals surface area contributed by atoms with Crippen LogP contribution in [0.15, 0.2) is 41.3 Å². The Labute approximate surface area is 227 Å². The number of para-hydroxylation sites is 1. The lowest BCUT2D eigenvalue weighted by molar-refractivity contribution is -0.149. The summed E-state index contributed by atoms with van der Waals surface area (Å²) in [4.78, 5) is 28.4. The molecule has 3 rings (SSSR count). The number of carbonyl (C=O) groups excluding carboxylic acids is 1. The third-order valence-corrected chi connectivity index (χ3v) is 7.85. The van der Waals surface area contributed by atoms with Gasteiger partial charge in [-0.25, -0.2) is 9.36 Å². The summed E-state index contributed by atoms with van der Waals surface area (Å²) in [5, 5.41) is 24.3. The van der Waals surface area contributed by atoms with Gasteiger partial charge in [0.2, 0.25) is 0 Å². The van der Waals surface area contributed by atoms with Crippen molar-refractivity contribution in [3.63, 3.8) is 0 Å². The molecule has 2 aromatic rings. The van der Waals surface area contributed by atoms with Crippen LogP contribution in [0.3, 0.4) is 0 Å². The number of esters is 1. The molecule has 0 spiro atoms. The molecule has 6 atom stereocenters. The van der Waals surface area contributed by atoms with Gasteiger partial charge in [0.15, 0.2) is 6.23 Å². The van der Waals surface area contributed by atoms with Crippen LogP contribution in [0.2, 0.25) is 0 Å². The summed E-state index contributed by atoms with van der Waals surface area (Å²) < 4.78 is 37.1. The van der Waals surface area contributed by atoms with Gasteiger partial charge in [0.1, 0.15) is 35.4 Å². The summed E-state index contributed by atoms with van der Waals surface area (Å²) in [6.45, 7) is 5.51. The number of halogens is 1. The minimum absolute atomic E-state index is 0.00936. The van der Waals surface area contributed by atoms with Gasteiger partial charge in [-0.2, -0.15) is 10.1 Å². The topological polar surface area (TPSA) is 184 Å². The van der Waals surface area contributed by atoms with Gasteiger partial charge in [0, 0.05) is 6.20 Å². The first-order valence-electron chi connectivity index (χ1n) is 11.3. The Morgan fingerprint density at radius 3 is 2.62 bits per heavy atom. The highest BCUT2D eigenvalue weighted by Gasteiger charge is 2.54. The van der Waals surface area contributed by atoms with Crippen molar-refractivity contribution in [1.29, 1.82) is 0 Å². The third-order valence-electron chi connectivity index (χ3n) is 5.38. The summed E-state index contributed by atoms with van der Waals surface area (Å²) in [7, 11) is -4.25. The van der Waals surface area contributed by atoms with E-state index in [1.807, 2.05) is 22.6 Å². The van der Waals surface area contributed by atoms with E-state index in [0.717, 1.165) is 4.57 Å². The highest BCUT2D eigenvalue weighted by atomic mass is 127. The molecule has 1 aliphatic rings. The molecule has 2 heterocycles. The van der Waals surface area contributed by atoms with Crippen LogP contribution in [0.5, 0.6) is 5.75 Å². The van der Waals surface area contributed by atoms with E-state index in [0.29, 0.717) is 3.57 Å². The largest absolute Gasteiger partial charge is 0.462 e. The number of aliphatic hydroxyl groups is 2. The first kappa shape index (κ1) is 29.5. The van der Waals surface area contributed by atoms with Crippen LogP contribution >= 0.6 is 30.3 Å². The predicted octanol–water partition coefficient (Wildman–Crippen LogP) is 1.57. The first-order chi connectivity index (χ1) is 17.2. The maximum absolute atomic E-state index is 13.7. The molecule has 5 N–H and O–H groups in total. The van der Waals surface area contributed by atoms with Gasteiger partial charge in [0.05, 0.1) is 16.3 Å². The molecule has 204 valence electrons. The fraction of sp³-hybridized carbons (Fsp3) is 0.500. The molecule has 1 saturated heterocycles. The predicted molar refractivity (Wildman–Crippen MR) is 141 cm³/mol. The van der Waals surface area contributed by atoms with Crippen molar-refractivity contribution in [2.24, 2.45) is 0 Å². The zero-order valence-electron chi connectivity index (χ0n) is 20.6. The van der Waals surface area contributed by atoms with Crippen LogP contribution in [-0.4, -0.2) is 62.3 Å². The number of nitrogen functional groups attached to an aromatic ring is 1. The van der Waals surface area contributed by atoms with E-state index in [1.54, 1.807) is 44.2 Å². The molecule has 1 unspecified atom stereocenters. The second-order valence-electron chi connectivity index (χ2n) is 8.90. The van der Waals surface area contributed by atoms with E-state index in [-0.39, 0.29) is 11.6 Å². The number of hydrogen-bond donors (Lipinski definition) is 4. The minimum Gasteiger partial charge on any atom is -0.462 e.